The lowest BCUT2D eigenvalue weighted by Crippen LogP contribution is -2.30. The molecule has 186 valence electrons. The third-order valence-electron chi connectivity index (χ3n) is 6.70. The van der Waals surface area contributed by atoms with Gasteiger partial charge in [0, 0.05) is 24.7 Å². The minimum atomic E-state index is -0.345. The van der Waals surface area contributed by atoms with Crippen molar-refractivity contribution >= 4 is 5.91 Å². The maximum Gasteiger partial charge on any atom is 0.274 e. The van der Waals surface area contributed by atoms with Gasteiger partial charge in [0.2, 0.25) is 0 Å². The molecule has 0 aliphatic heterocycles. The van der Waals surface area contributed by atoms with Crippen molar-refractivity contribution in [2.75, 3.05) is 6.54 Å². The molecule has 2 aromatic carbocycles. The summed E-state index contributed by atoms with van der Waals surface area (Å²) in [5.41, 5.74) is 3.40. The van der Waals surface area contributed by atoms with Crippen molar-refractivity contribution in [3.8, 4) is 33.9 Å². The van der Waals surface area contributed by atoms with E-state index in [1.54, 1.807) is 6.07 Å². The molecule has 35 heavy (non-hydrogen) atoms. The number of hydrogen-bond donors (Lipinski definition) is 4. The molecule has 4 rings (SSSR count). The summed E-state index contributed by atoms with van der Waals surface area (Å²) in [7, 11) is 0. The van der Waals surface area contributed by atoms with Gasteiger partial charge in [0.05, 0.1) is 11.1 Å². The van der Waals surface area contributed by atoms with Gasteiger partial charge in [-0.2, -0.15) is 0 Å². The van der Waals surface area contributed by atoms with Crippen LogP contribution in [0.25, 0.3) is 22.5 Å². The minimum Gasteiger partial charge on any atom is -0.508 e. The highest BCUT2D eigenvalue weighted by molar-refractivity contribution is 6.02. The highest BCUT2D eigenvalue weighted by Crippen LogP contribution is 2.45. The van der Waals surface area contributed by atoms with Crippen LogP contribution in [-0.4, -0.2) is 33.9 Å². The van der Waals surface area contributed by atoms with E-state index in [1.807, 2.05) is 45.0 Å². The number of nitrogens with zero attached hydrogens (tertiary/aromatic N) is 1. The molecule has 7 nitrogen and oxygen atoms in total. The van der Waals surface area contributed by atoms with Gasteiger partial charge in [-0.25, -0.2) is 0 Å². The highest BCUT2D eigenvalue weighted by Gasteiger charge is 2.27. The fourth-order valence-electron chi connectivity index (χ4n) is 4.85. The Bertz CT molecular complexity index is 1160. The van der Waals surface area contributed by atoms with E-state index in [9.17, 15) is 15.0 Å². The predicted octanol–water partition coefficient (Wildman–Crippen LogP) is 5.72. The third kappa shape index (κ3) is 5.35. The number of nitrogens with one attached hydrogen (secondary N) is 2. The van der Waals surface area contributed by atoms with Gasteiger partial charge in [-0.15, -0.1) is 0 Å². The first-order valence-electron chi connectivity index (χ1n) is 12.6. The van der Waals surface area contributed by atoms with Crippen molar-refractivity contribution in [3.05, 3.63) is 53.2 Å². The van der Waals surface area contributed by atoms with Crippen molar-refractivity contribution in [1.29, 1.82) is 0 Å². The van der Waals surface area contributed by atoms with E-state index in [4.69, 9.17) is 4.52 Å². The number of phenolic OH excluding ortho intramolecular Hbond substituents is 2. The standard InChI is InChI=1S/C28H35N3O4/c1-4-29-28(34)25-24(19-12-10-18(11-13-19)16-30-20-8-6-5-7-9-20)27(35-31-25)21-14-15-22(32)23(17(2)3)26(21)33/h10-15,17,20,30,32-33H,4-9,16H2,1-3H3,(H,29,34). The predicted molar refractivity (Wildman–Crippen MR) is 137 cm³/mol. The second kappa shape index (κ2) is 11.0. The van der Waals surface area contributed by atoms with E-state index in [1.165, 1.54) is 38.2 Å². The van der Waals surface area contributed by atoms with E-state index >= 15 is 0 Å². The first-order valence-corrected chi connectivity index (χ1v) is 12.6. The lowest BCUT2D eigenvalue weighted by atomic mass is 9.93. The molecule has 0 radical (unpaired) electrons. The van der Waals surface area contributed by atoms with Crippen molar-refractivity contribution in [1.82, 2.24) is 15.8 Å². The molecule has 0 unspecified atom stereocenters. The van der Waals surface area contributed by atoms with Crippen LogP contribution in [0.15, 0.2) is 40.9 Å². The summed E-state index contributed by atoms with van der Waals surface area (Å²) in [6.45, 7) is 6.86. The Morgan fingerprint density at radius 2 is 1.80 bits per heavy atom. The zero-order valence-electron chi connectivity index (χ0n) is 20.7. The fraction of sp³-hybridized carbons (Fsp3) is 0.429. The first-order chi connectivity index (χ1) is 16.9. The molecule has 0 saturated heterocycles. The van der Waals surface area contributed by atoms with Gasteiger partial charge in [0.1, 0.15) is 11.5 Å². The Morgan fingerprint density at radius 3 is 2.46 bits per heavy atom. The number of aromatic hydroxyl groups is 2. The van der Waals surface area contributed by atoms with Gasteiger partial charge in [0.15, 0.2) is 11.5 Å². The van der Waals surface area contributed by atoms with Crippen molar-refractivity contribution < 1.29 is 19.5 Å². The summed E-state index contributed by atoms with van der Waals surface area (Å²) < 4.78 is 5.65. The fourth-order valence-corrected chi connectivity index (χ4v) is 4.85. The summed E-state index contributed by atoms with van der Waals surface area (Å²) in [5.74, 6) is -0.226. The van der Waals surface area contributed by atoms with E-state index in [0.717, 1.165) is 17.7 Å². The Morgan fingerprint density at radius 1 is 1.09 bits per heavy atom. The SMILES string of the molecule is CCNC(=O)c1noc(-c2ccc(O)c(C(C)C)c2O)c1-c1ccc(CNC2CCCCC2)cc1. The number of rotatable bonds is 8. The van der Waals surface area contributed by atoms with E-state index in [2.05, 4.69) is 15.8 Å². The molecule has 0 bridgehead atoms. The van der Waals surface area contributed by atoms with Crippen LogP contribution in [0.5, 0.6) is 11.5 Å². The second-order valence-electron chi connectivity index (χ2n) is 9.56. The van der Waals surface area contributed by atoms with Crippen molar-refractivity contribution in [2.24, 2.45) is 0 Å². The largest absolute Gasteiger partial charge is 0.508 e. The van der Waals surface area contributed by atoms with Gasteiger partial charge in [-0.3, -0.25) is 4.79 Å². The van der Waals surface area contributed by atoms with Gasteiger partial charge in [-0.05, 0) is 48.9 Å². The van der Waals surface area contributed by atoms with Crippen LogP contribution in [0.2, 0.25) is 0 Å². The Kier molecular flexibility index (Phi) is 7.76. The van der Waals surface area contributed by atoms with Crippen molar-refractivity contribution in [3.63, 3.8) is 0 Å². The smallest absolute Gasteiger partial charge is 0.274 e. The summed E-state index contributed by atoms with van der Waals surface area (Å²) in [6.07, 6.45) is 6.37. The van der Waals surface area contributed by atoms with Gasteiger partial charge < -0.3 is 25.4 Å². The number of carbonyl (C=O) groups excluding carboxylic acids is 1. The van der Waals surface area contributed by atoms with Crippen LogP contribution >= 0.6 is 0 Å². The quantitative estimate of drug-likeness (QED) is 0.331. The normalized spacial score (nSPS) is 14.4. The highest BCUT2D eigenvalue weighted by atomic mass is 16.5. The molecule has 4 N–H and O–H groups in total. The number of amides is 1. The monoisotopic (exact) mass is 477 g/mol. The Hall–Kier alpha value is -3.32. The average Bonchev–Trinajstić information content (AvgIpc) is 3.29. The topological polar surface area (TPSA) is 108 Å². The number of carbonyl (C=O) groups is 1. The third-order valence-corrected chi connectivity index (χ3v) is 6.70. The molecule has 1 amide bonds. The van der Waals surface area contributed by atoms with Gasteiger partial charge in [-0.1, -0.05) is 62.5 Å². The molecule has 0 atom stereocenters. The Labute approximate surface area is 206 Å². The van der Waals surface area contributed by atoms with E-state index in [-0.39, 0.29) is 29.0 Å². The molecule has 1 heterocycles. The lowest BCUT2D eigenvalue weighted by Gasteiger charge is -2.22. The minimum absolute atomic E-state index is 0.0149. The summed E-state index contributed by atoms with van der Waals surface area (Å²) in [5, 5.41) is 31.8. The average molecular weight is 478 g/mol. The van der Waals surface area contributed by atoms with Gasteiger partial charge >= 0.3 is 0 Å². The number of benzene rings is 2. The zero-order valence-corrected chi connectivity index (χ0v) is 20.7. The molecule has 1 aliphatic carbocycles. The summed E-state index contributed by atoms with van der Waals surface area (Å²) in [4.78, 5) is 12.8. The van der Waals surface area contributed by atoms with Crippen LogP contribution in [0.4, 0.5) is 0 Å². The second-order valence-corrected chi connectivity index (χ2v) is 9.56. The molecule has 1 saturated carbocycles. The summed E-state index contributed by atoms with van der Waals surface area (Å²) in [6, 6.07) is 11.7. The molecule has 1 aromatic heterocycles. The first kappa shape index (κ1) is 24.8. The number of aromatic nitrogens is 1. The maximum absolute atomic E-state index is 12.8. The molecule has 7 heteroatoms. The molecule has 0 spiro atoms. The molecular weight excluding hydrogens is 442 g/mol. The van der Waals surface area contributed by atoms with Crippen LogP contribution in [0.1, 0.15) is 80.4 Å². The van der Waals surface area contributed by atoms with E-state index < -0.39 is 0 Å². The molecule has 1 fully saturated rings. The maximum atomic E-state index is 12.8. The van der Waals surface area contributed by atoms with Gasteiger partial charge in [0.25, 0.3) is 5.91 Å². The zero-order chi connectivity index (χ0) is 24.9. The van der Waals surface area contributed by atoms with E-state index in [0.29, 0.717) is 35.0 Å². The van der Waals surface area contributed by atoms with Crippen LogP contribution in [-0.2, 0) is 6.54 Å². The summed E-state index contributed by atoms with van der Waals surface area (Å²) >= 11 is 0. The number of hydrogen-bond acceptors (Lipinski definition) is 6. The molecule has 3 aromatic rings. The van der Waals surface area contributed by atoms with Crippen molar-refractivity contribution in [2.45, 2.75) is 71.4 Å². The van der Waals surface area contributed by atoms with Crippen LogP contribution in [0, 0.1) is 0 Å². The number of phenols is 2. The van der Waals surface area contributed by atoms with Crippen LogP contribution < -0.4 is 10.6 Å². The van der Waals surface area contributed by atoms with Crippen LogP contribution in [0.3, 0.4) is 0 Å². The molecular formula is C28H35N3O4. The molecule has 1 aliphatic rings. The lowest BCUT2D eigenvalue weighted by molar-refractivity contribution is 0.0947. The Balaban J connectivity index is 1.70.